The van der Waals surface area contributed by atoms with Crippen molar-refractivity contribution in [3.63, 3.8) is 0 Å². The lowest BCUT2D eigenvalue weighted by atomic mass is 9.88. The molecule has 0 N–H and O–H groups in total. The van der Waals surface area contributed by atoms with Gasteiger partial charge in [-0.2, -0.15) is 0 Å². The highest BCUT2D eigenvalue weighted by atomic mass is 14.7. The fourth-order valence-electron chi connectivity index (χ4n) is 10.3. The number of aromatic nitrogens is 3. The summed E-state index contributed by atoms with van der Waals surface area (Å²) in [6.45, 7) is 4.36. The molecule has 0 amide bonds. The summed E-state index contributed by atoms with van der Waals surface area (Å²) in [4.78, 5) is 14.4. The van der Waals surface area contributed by atoms with Gasteiger partial charge in [-0.1, -0.05) is 200 Å². The van der Waals surface area contributed by atoms with Crippen LogP contribution in [0.1, 0.15) is 11.1 Å². The molecule has 3 heteroatoms. The van der Waals surface area contributed by atoms with E-state index in [2.05, 4.69) is 255 Å². The Balaban J connectivity index is 0.819. The third kappa shape index (κ3) is 9.27. The smallest absolute Gasteiger partial charge is 0.0711 e. The van der Waals surface area contributed by atoms with Gasteiger partial charge in [0.15, 0.2) is 0 Å². The Morgan fingerprint density at radius 3 is 1.23 bits per heavy atom. The molecule has 3 heterocycles. The Hall–Kier alpha value is -9.57. The average Bonchev–Trinajstić information content (AvgIpc) is 3.48. The van der Waals surface area contributed by atoms with Crippen molar-refractivity contribution in [1.29, 1.82) is 0 Å². The van der Waals surface area contributed by atoms with Crippen molar-refractivity contribution < 1.29 is 0 Å². The van der Waals surface area contributed by atoms with E-state index >= 15 is 0 Å². The van der Waals surface area contributed by atoms with E-state index in [0.717, 1.165) is 72.7 Å². The molecule has 3 nitrogen and oxygen atoms in total. The first-order valence-electron chi connectivity index (χ1n) is 25.2. The zero-order chi connectivity index (χ0) is 49.8. The van der Waals surface area contributed by atoms with Crippen molar-refractivity contribution >= 4 is 0 Å². The highest BCUT2D eigenvalue weighted by Crippen LogP contribution is 2.41. The maximum Gasteiger partial charge on any atom is 0.0711 e. The highest BCUT2D eigenvalue weighted by Gasteiger charge is 2.17. The van der Waals surface area contributed by atoms with E-state index in [4.69, 9.17) is 9.97 Å². The van der Waals surface area contributed by atoms with E-state index in [1.54, 1.807) is 0 Å². The molecule has 0 unspecified atom stereocenters. The van der Waals surface area contributed by atoms with Gasteiger partial charge in [0, 0.05) is 40.8 Å². The molecule has 350 valence electrons. The summed E-state index contributed by atoms with van der Waals surface area (Å²) in [5, 5.41) is 0. The third-order valence-corrected chi connectivity index (χ3v) is 14.3. The molecule has 0 fully saturated rings. The second kappa shape index (κ2) is 20.3. The Morgan fingerprint density at radius 2 is 0.649 bits per heavy atom. The van der Waals surface area contributed by atoms with Crippen LogP contribution in [-0.2, 0) is 0 Å². The predicted molar refractivity (Wildman–Crippen MR) is 309 cm³/mol. The van der Waals surface area contributed by atoms with E-state index in [-0.39, 0.29) is 0 Å². The van der Waals surface area contributed by atoms with Crippen LogP contribution in [0.2, 0.25) is 0 Å². The van der Waals surface area contributed by atoms with Crippen LogP contribution in [0.5, 0.6) is 0 Å². The molecule has 0 saturated carbocycles. The van der Waals surface area contributed by atoms with Gasteiger partial charge in [-0.05, 0) is 163 Å². The summed E-state index contributed by atoms with van der Waals surface area (Å²) in [5.74, 6) is 0. The van der Waals surface area contributed by atoms with E-state index in [1.165, 1.54) is 61.2 Å². The lowest BCUT2D eigenvalue weighted by molar-refractivity contribution is 1.31. The van der Waals surface area contributed by atoms with Crippen molar-refractivity contribution in [2.45, 2.75) is 13.8 Å². The standard InChI is InChI=1S/C71H51N3/c1-48-16-3-4-25-62(48)70-38-37-61(47-74-70)57-22-12-19-54(43-57)55-20-13-23-58(44-55)65-26-5-6-27-66(65)60-39-41-73-71(46-60)64-31-15-30-63(49(64)2)68-29-8-7-28-67(68)59-24-14-21-56(45-59)53-18-11-17-52(42-53)50-33-35-51(36-34-50)69-32-9-10-40-72-69/h3-47H,1-2H3. The minimum atomic E-state index is 0.939. The summed E-state index contributed by atoms with van der Waals surface area (Å²) in [5.41, 5.74) is 27.2. The maximum atomic E-state index is 5.01. The molecule has 0 spiro atoms. The molecule has 74 heavy (non-hydrogen) atoms. The molecular weight excluding hydrogens is 895 g/mol. The van der Waals surface area contributed by atoms with Crippen molar-refractivity contribution in [2.75, 3.05) is 0 Å². The summed E-state index contributed by atoms with van der Waals surface area (Å²) in [7, 11) is 0. The van der Waals surface area contributed by atoms with Crippen LogP contribution in [0.25, 0.3) is 123 Å². The van der Waals surface area contributed by atoms with Crippen LogP contribution >= 0.6 is 0 Å². The Morgan fingerprint density at radius 1 is 0.216 bits per heavy atom. The minimum absolute atomic E-state index is 0.939. The van der Waals surface area contributed by atoms with Gasteiger partial charge in [-0.25, -0.2) is 0 Å². The molecule has 9 aromatic carbocycles. The first kappa shape index (κ1) is 45.6. The van der Waals surface area contributed by atoms with Crippen molar-refractivity contribution in [3.8, 4) is 123 Å². The van der Waals surface area contributed by atoms with E-state index in [1.807, 2.05) is 36.8 Å². The number of hydrogen-bond donors (Lipinski definition) is 0. The van der Waals surface area contributed by atoms with Crippen molar-refractivity contribution in [2.24, 2.45) is 0 Å². The Kier molecular flexibility index (Phi) is 12.5. The fourth-order valence-corrected chi connectivity index (χ4v) is 10.3. The fraction of sp³-hybridized carbons (Fsp3) is 0.0282. The van der Waals surface area contributed by atoms with Gasteiger partial charge in [-0.15, -0.1) is 0 Å². The summed E-state index contributed by atoms with van der Waals surface area (Å²) in [6, 6.07) is 91.2. The monoisotopic (exact) mass is 945 g/mol. The van der Waals surface area contributed by atoms with Gasteiger partial charge < -0.3 is 0 Å². The SMILES string of the molecule is Cc1ccccc1-c1ccc(-c2cccc(-c3cccc(-c4ccccc4-c4ccnc(-c5cccc(-c6ccccc6-c6cccc(-c7cccc(-c8ccc(-c9ccccn9)cc8)c7)c6)c5C)c4)c3)c2)cn1. The minimum Gasteiger partial charge on any atom is -0.256 e. The Bertz CT molecular complexity index is 3970. The van der Waals surface area contributed by atoms with Crippen molar-refractivity contribution in [3.05, 3.63) is 285 Å². The lowest BCUT2D eigenvalue weighted by Gasteiger charge is -2.17. The van der Waals surface area contributed by atoms with Crippen molar-refractivity contribution in [1.82, 2.24) is 15.0 Å². The van der Waals surface area contributed by atoms with Gasteiger partial charge in [0.05, 0.1) is 17.1 Å². The molecule has 0 aliphatic heterocycles. The molecule has 0 aliphatic rings. The van der Waals surface area contributed by atoms with Gasteiger partial charge in [0.25, 0.3) is 0 Å². The van der Waals surface area contributed by atoms with Crippen LogP contribution in [0.3, 0.4) is 0 Å². The molecule has 0 atom stereocenters. The first-order valence-corrected chi connectivity index (χ1v) is 25.2. The largest absolute Gasteiger partial charge is 0.256 e. The summed E-state index contributed by atoms with van der Waals surface area (Å²) in [6.07, 6.45) is 5.77. The molecule has 3 aromatic heterocycles. The second-order valence-electron chi connectivity index (χ2n) is 18.9. The topological polar surface area (TPSA) is 38.7 Å². The molecule has 12 aromatic rings. The zero-order valence-corrected chi connectivity index (χ0v) is 41.3. The molecule has 12 rings (SSSR count). The molecule has 0 aliphatic carbocycles. The number of aryl methyl sites for hydroxylation is 1. The van der Waals surface area contributed by atoms with Crippen LogP contribution in [0, 0.1) is 13.8 Å². The van der Waals surface area contributed by atoms with Gasteiger partial charge in [0.1, 0.15) is 0 Å². The molecule has 0 radical (unpaired) electrons. The number of rotatable bonds is 11. The molecule has 0 bridgehead atoms. The number of hydrogen-bond acceptors (Lipinski definition) is 3. The van der Waals surface area contributed by atoms with E-state index in [0.29, 0.717) is 0 Å². The van der Waals surface area contributed by atoms with Gasteiger partial charge in [-0.3, -0.25) is 15.0 Å². The Labute approximate surface area is 433 Å². The zero-order valence-electron chi connectivity index (χ0n) is 41.3. The maximum absolute atomic E-state index is 5.01. The number of pyridine rings is 3. The molecule has 0 saturated heterocycles. The number of benzene rings is 9. The first-order chi connectivity index (χ1) is 36.5. The molecular formula is C71H51N3. The van der Waals surface area contributed by atoms with E-state index in [9.17, 15) is 0 Å². The normalized spacial score (nSPS) is 11.1. The predicted octanol–water partition coefficient (Wildman–Crippen LogP) is 18.8. The van der Waals surface area contributed by atoms with Crippen LogP contribution in [-0.4, -0.2) is 15.0 Å². The lowest BCUT2D eigenvalue weighted by Crippen LogP contribution is -1.94. The van der Waals surface area contributed by atoms with Crippen LogP contribution in [0.4, 0.5) is 0 Å². The number of nitrogens with zero attached hydrogens (tertiary/aromatic N) is 3. The van der Waals surface area contributed by atoms with Crippen LogP contribution in [0.15, 0.2) is 273 Å². The van der Waals surface area contributed by atoms with Gasteiger partial charge >= 0.3 is 0 Å². The summed E-state index contributed by atoms with van der Waals surface area (Å²) >= 11 is 0. The quantitative estimate of drug-likeness (QED) is 0.130. The third-order valence-electron chi connectivity index (χ3n) is 14.3. The second-order valence-corrected chi connectivity index (χ2v) is 18.9. The average molecular weight is 946 g/mol. The van der Waals surface area contributed by atoms with Gasteiger partial charge in [0.2, 0.25) is 0 Å². The van der Waals surface area contributed by atoms with E-state index < -0.39 is 0 Å². The van der Waals surface area contributed by atoms with Crippen LogP contribution < -0.4 is 0 Å². The highest BCUT2D eigenvalue weighted by molar-refractivity contribution is 5.91. The summed E-state index contributed by atoms with van der Waals surface area (Å²) < 4.78 is 0.